The SMILES string of the molecule is CCC(=O)c1ccccc1OS(=O)(=O)c1ccc(OC)cc1. The molecule has 116 valence electrons. The molecule has 0 spiro atoms. The monoisotopic (exact) mass is 320 g/mol. The lowest BCUT2D eigenvalue weighted by Gasteiger charge is -2.10. The van der Waals surface area contributed by atoms with Crippen molar-refractivity contribution in [3.63, 3.8) is 0 Å². The zero-order valence-corrected chi connectivity index (χ0v) is 13.1. The van der Waals surface area contributed by atoms with Gasteiger partial charge in [-0.05, 0) is 36.4 Å². The number of hydrogen-bond donors (Lipinski definition) is 0. The number of carbonyl (C=O) groups excluding carboxylic acids is 1. The number of benzene rings is 2. The molecule has 2 aromatic rings. The summed E-state index contributed by atoms with van der Waals surface area (Å²) in [4.78, 5) is 11.8. The van der Waals surface area contributed by atoms with Crippen LogP contribution >= 0.6 is 0 Å². The van der Waals surface area contributed by atoms with Crippen molar-refractivity contribution in [1.29, 1.82) is 0 Å². The number of Topliss-reactive ketones (excluding diaryl/α,β-unsaturated/α-hetero) is 1. The van der Waals surface area contributed by atoms with Crippen molar-refractivity contribution in [3.05, 3.63) is 54.1 Å². The fourth-order valence-electron chi connectivity index (χ4n) is 1.87. The van der Waals surface area contributed by atoms with Crippen LogP contribution in [0.25, 0.3) is 0 Å². The molecule has 2 rings (SSSR count). The van der Waals surface area contributed by atoms with Gasteiger partial charge in [-0.25, -0.2) is 0 Å². The lowest BCUT2D eigenvalue weighted by molar-refractivity contribution is 0.0986. The molecule has 0 atom stereocenters. The first-order chi connectivity index (χ1) is 10.5. The van der Waals surface area contributed by atoms with Gasteiger partial charge in [-0.2, -0.15) is 8.42 Å². The Kier molecular flexibility index (Phi) is 4.82. The molecule has 0 fully saturated rings. The van der Waals surface area contributed by atoms with Crippen molar-refractivity contribution < 1.29 is 22.1 Å². The second-order valence-corrected chi connectivity index (χ2v) is 6.03. The predicted molar refractivity (Wildman–Crippen MR) is 81.9 cm³/mol. The van der Waals surface area contributed by atoms with Crippen LogP contribution in [0.1, 0.15) is 23.7 Å². The number of rotatable bonds is 6. The van der Waals surface area contributed by atoms with Gasteiger partial charge in [0, 0.05) is 6.42 Å². The Hall–Kier alpha value is -2.34. The average molecular weight is 320 g/mol. The summed E-state index contributed by atoms with van der Waals surface area (Å²) in [6, 6.07) is 12.1. The maximum Gasteiger partial charge on any atom is 0.339 e. The zero-order chi connectivity index (χ0) is 16.2. The van der Waals surface area contributed by atoms with E-state index in [1.807, 2.05) is 0 Å². The van der Waals surface area contributed by atoms with Gasteiger partial charge in [0.05, 0.1) is 12.7 Å². The Morgan fingerprint density at radius 2 is 1.68 bits per heavy atom. The molecule has 0 radical (unpaired) electrons. The highest BCUT2D eigenvalue weighted by Gasteiger charge is 2.20. The normalized spacial score (nSPS) is 11.0. The van der Waals surface area contributed by atoms with Crippen molar-refractivity contribution >= 4 is 15.9 Å². The van der Waals surface area contributed by atoms with Crippen molar-refractivity contribution in [2.24, 2.45) is 0 Å². The van der Waals surface area contributed by atoms with E-state index in [9.17, 15) is 13.2 Å². The van der Waals surface area contributed by atoms with E-state index in [2.05, 4.69) is 0 Å². The zero-order valence-electron chi connectivity index (χ0n) is 12.3. The van der Waals surface area contributed by atoms with Gasteiger partial charge in [0.25, 0.3) is 0 Å². The van der Waals surface area contributed by atoms with Gasteiger partial charge in [-0.1, -0.05) is 19.1 Å². The summed E-state index contributed by atoms with van der Waals surface area (Å²) in [5, 5.41) is 0. The van der Waals surface area contributed by atoms with Gasteiger partial charge in [-0.3, -0.25) is 4.79 Å². The number of carbonyl (C=O) groups is 1. The molecule has 0 heterocycles. The number of para-hydroxylation sites is 1. The molecule has 0 saturated carbocycles. The fourth-order valence-corrected chi connectivity index (χ4v) is 2.82. The van der Waals surface area contributed by atoms with E-state index in [0.717, 1.165) is 0 Å². The van der Waals surface area contributed by atoms with E-state index >= 15 is 0 Å². The van der Waals surface area contributed by atoms with Gasteiger partial charge in [0.1, 0.15) is 10.6 Å². The van der Waals surface area contributed by atoms with E-state index in [1.54, 1.807) is 25.1 Å². The van der Waals surface area contributed by atoms with Crippen LogP contribution in [0.4, 0.5) is 0 Å². The molecule has 0 aliphatic rings. The third-order valence-electron chi connectivity index (χ3n) is 3.06. The van der Waals surface area contributed by atoms with E-state index in [4.69, 9.17) is 8.92 Å². The molecule has 0 aliphatic heterocycles. The van der Waals surface area contributed by atoms with Crippen LogP contribution in [-0.4, -0.2) is 21.3 Å². The van der Waals surface area contributed by atoms with Crippen molar-refractivity contribution in [2.45, 2.75) is 18.2 Å². The average Bonchev–Trinajstić information content (AvgIpc) is 2.54. The Bertz CT molecular complexity index is 763. The number of methoxy groups -OCH3 is 1. The quantitative estimate of drug-likeness (QED) is 0.604. The third kappa shape index (κ3) is 3.46. The Morgan fingerprint density at radius 3 is 2.27 bits per heavy atom. The summed E-state index contributed by atoms with van der Waals surface area (Å²) < 4.78 is 34.7. The highest BCUT2D eigenvalue weighted by Crippen LogP contribution is 2.25. The lowest BCUT2D eigenvalue weighted by Crippen LogP contribution is -2.12. The summed E-state index contributed by atoms with van der Waals surface area (Å²) >= 11 is 0. The minimum absolute atomic E-state index is 0.00736. The van der Waals surface area contributed by atoms with Crippen LogP contribution < -0.4 is 8.92 Å². The van der Waals surface area contributed by atoms with E-state index in [0.29, 0.717) is 5.75 Å². The second-order valence-electron chi connectivity index (χ2n) is 4.49. The van der Waals surface area contributed by atoms with Crippen LogP contribution in [0.2, 0.25) is 0 Å². The highest BCUT2D eigenvalue weighted by molar-refractivity contribution is 7.87. The minimum Gasteiger partial charge on any atom is -0.497 e. The summed E-state index contributed by atoms with van der Waals surface area (Å²) in [5.74, 6) is 0.395. The molecule has 5 nitrogen and oxygen atoms in total. The molecule has 0 amide bonds. The lowest BCUT2D eigenvalue weighted by atomic mass is 10.1. The Morgan fingerprint density at radius 1 is 1.05 bits per heavy atom. The molecule has 6 heteroatoms. The van der Waals surface area contributed by atoms with Gasteiger partial charge in [-0.15, -0.1) is 0 Å². The van der Waals surface area contributed by atoms with Crippen LogP contribution in [0.3, 0.4) is 0 Å². The van der Waals surface area contributed by atoms with Crippen LogP contribution in [0, 0.1) is 0 Å². The standard InChI is InChI=1S/C16H16O5S/c1-3-15(17)14-6-4-5-7-16(14)21-22(18,19)13-10-8-12(20-2)9-11-13/h4-11H,3H2,1-2H3. The van der Waals surface area contributed by atoms with Crippen LogP contribution in [0.5, 0.6) is 11.5 Å². The molecule has 0 bridgehead atoms. The molecule has 0 unspecified atom stereocenters. The molecule has 0 aliphatic carbocycles. The summed E-state index contributed by atoms with van der Waals surface area (Å²) in [7, 11) is -2.52. The highest BCUT2D eigenvalue weighted by atomic mass is 32.2. The molecule has 0 saturated heterocycles. The maximum absolute atomic E-state index is 12.3. The first-order valence-corrected chi connectivity index (χ1v) is 8.09. The van der Waals surface area contributed by atoms with Gasteiger partial charge in [0.2, 0.25) is 0 Å². The van der Waals surface area contributed by atoms with Crippen LogP contribution in [-0.2, 0) is 10.1 Å². The Balaban J connectivity index is 2.34. The first-order valence-electron chi connectivity index (χ1n) is 6.68. The van der Waals surface area contributed by atoms with Crippen LogP contribution in [0.15, 0.2) is 53.4 Å². The topological polar surface area (TPSA) is 69.7 Å². The molecular formula is C16H16O5S. The molecule has 22 heavy (non-hydrogen) atoms. The first kappa shape index (κ1) is 16.0. The maximum atomic E-state index is 12.3. The molecule has 2 aromatic carbocycles. The fraction of sp³-hybridized carbons (Fsp3) is 0.188. The smallest absolute Gasteiger partial charge is 0.339 e. The predicted octanol–water partition coefficient (Wildman–Crippen LogP) is 3.06. The number of hydrogen-bond acceptors (Lipinski definition) is 5. The van der Waals surface area contributed by atoms with Crippen molar-refractivity contribution in [1.82, 2.24) is 0 Å². The van der Waals surface area contributed by atoms with Gasteiger partial charge in [0.15, 0.2) is 11.5 Å². The number of ketones is 1. The van der Waals surface area contributed by atoms with E-state index in [1.165, 1.54) is 37.4 Å². The van der Waals surface area contributed by atoms with Gasteiger partial charge >= 0.3 is 10.1 Å². The van der Waals surface area contributed by atoms with Crippen molar-refractivity contribution in [3.8, 4) is 11.5 Å². The largest absolute Gasteiger partial charge is 0.497 e. The Labute approximate surface area is 129 Å². The third-order valence-corrected chi connectivity index (χ3v) is 4.30. The molecule has 0 N–H and O–H groups in total. The minimum atomic E-state index is -4.01. The summed E-state index contributed by atoms with van der Waals surface area (Å²) in [5.41, 5.74) is 0.252. The molecule has 0 aromatic heterocycles. The van der Waals surface area contributed by atoms with Gasteiger partial charge < -0.3 is 8.92 Å². The van der Waals surface area contributed by atoms with E-state index < -0.39 is 10.1 Å². The summed E-state index contributed by atoms with van der Waals surface area (Å²) in [6.45, 7) is 1.71. The second kappa shape index (κ2) is 6.62. The summed E-state index contributed by atoms with van der Waals surface area (Å²) in [6.07, 6.45) is 0.267. The van der Waals surface area contributed by atoms with Crippen molar-refractivity contribution in [2.75, 3.05) is 7.11 Å². The van der Waals surface area contributed by atoms with E-state index in [-0.39, 0.29) is 28.4 Å². The number of ether oxygens (including phenoxy) is 1. The molecular weight excluding hydrogens is 304 g/mol.